The number of fused-ring (bicyclic) bond motifs is 1. The Hall–Kier alpha value is -1.29. The first-order valence-electron chi connectivity index (χ1n) is 6.95. The highest BCUT2D eigenvalue weighted by atomic mass is 15.3. The minimum Gasteiger partial charge on any atom is -0.397 e. The molecule has 0 bridgehead atoms. The number of rotatable bonds is 1. The van der Waals surface area contributed by atoms with Gasteiger partial charge < -0.3 is 10.6 Å². The molecule has 98 valence electrons. The van der Waals surface area contributed by atoms with Gasteiger partial charge in [-0.05, 0) is 44.4 Å². The highest BCUT2D eigenvalue weighted by Crippen LogP contribution is 2.26. The quantitative estimate of drug-likeness (QED) is 0.818. The molecule has 2 saturated heterocycles. The third kappa shape index (κ3) is 2.17. The fraction of sp³-hybridized carbons (Fsp3) is 0.643. The molecule has 0 aliphatic carbocycles. The topological polar surface area (TPSA) is 45.4 Å². The molecule has 3 heterocycles. The summed E-state index contributed by atoms with van der Waals surface area (Å²) in [7, 11) is 0. The Kier molecular flexibility index (Phi) is 3.12. The zero-order chi connectivity index (χ0) is 12.5. The van der Waals surface area contributed by atoms with Crippen LogP contribution in [-0.4, -0.2) is 42.1 Å². The summed E-state index contributed by atoms with van der Waals surface area (Å²) in [5.41, 5.74) is 7.74. The van der Waals surface area contributed by atoms with Crippen molar-refractivity contribution in [3.8, 4) is 0 Å². The molecule has 4 heteroatoms. The van der Waals surface area contributed by atoms with Gasteiger partial charge in [-0.25, -0.2) is 4.98 Å². The number of aromatic nitrogens is 1. The SMILES string of the molecule is Cc1cc(N)cnc1N1CCCN2CCCC2C1. The van der Waals surface area contributed by atoms with Crippen molar-refractivity contribution in [1.82, 2.24) is 9.88 Å². The molecule has 1 aromatic rings. The Morgan fingerprint density at radius 1 is 1.28 bits per heavy atom. The van der Waals surface area contributed by atoms with Crippen LogP contribution in [0.2, 0.25) is 0 Å². The van der Waals surface area contributed by atoms with Crippen molar-refractivity contribution in [3.05, 3.63) is 17.8 Å². The molecule has 2 aliphatic rings. The second-order valence-electron chi connectivity index (χ2n) is 5.54. The van der Waals surface area contributed by atoms with Gasteiger partial charge in [0.1, 0.15) is 5.82 Å². The number of pyridine rings is 1. The summed E-state index contributed by atoms with van der Waals surface area (Å²) < 4.78 is 0. The molecule has 0 spiro atoms. The van der Waals surface area contributed by atoms with Crippen LogP contribution in [0, 0.1) is 6.92 Å². The smallest absolute Gasteiger partial charge is 0.131 e. The summed E-state index contributed by atoms with van der Waals surface area (Å²) in [4.78, 5) is 9.63. The van der Waals surface area contributed by atoms with Crippen LogP contribution >= 0.6 is 0 Å². The number of nitrogens with zero attached hydrogens (tertiary/aromatic N) is 3. The fourth-order valence-electron chi connectivity index (χ4n) is 3.32. The van der Waals surface area contributed by atoms with Crippen molar-refractivity contribution in [3.63, 3.8) is 0 Å². The third-order valence-corrected chi connectivity index (χ3v) is 4.17. The summed E-state index contributed by atoms with van der Waals surface area (Å²) in [6.07, 6.45) is 5.71. The minimum atomic E-state index is 0.728. The van der Waals surface area contributed by atoms with E-state index in [2.05, 4.69) is 21.7 Å². The van der Waals surface area contributed by atoms with Crippen LogP contribution in [0.25, 0.3) is 0 Å². The van der Waals surface area contributed by atoms with Crippen LogP contribution in [0.1, 0.15) is 24.8 Å². The van der Waals surface area contributed by atoms with E-state index in [-0.39, 0.29) is 0 Å². The second kappa shape index (κ2) is 4.76. The average molecular weight is 246 g/mol. The molecule has 2 aliphatic heterocycles. The lowest BCUT2D eigenvalue weighted by atomic mass is 10.2. The molecular weight excluding hydrogens is 224 g/mol. The average Bonchev–Trinajstić information content (AvgIpc) is 2.67. The highest BCUT2D eigenvalue weighted by Gasteiger charge is 2.29. The fourth-order valence-corrected chi connectivity index (χ4v) is 3.32. The zero-order valence-electron chi connectivity index (χ0n) is 11.1. The third-order valence-electron chi connectivity index (χ3n) is 4.17. The Balaban J connectivity index is 1.82. The molecule has 2 N–H and O–H groups in total. The Morgan fingerprint density at radius 2 is 2.11 bits per heavy atom. The van der Waals surface area contributed by atoms with Gasteiger partial charge in [-0.15, -0.1) is 0 Å². The lowest BCUT2D eigenvalue weighted by Gasteiger charge is -2.27. The van der Waals surface area contributed by atoms with Crippen molar-refractivity contribution >= 4 is 11.5 Å². The van der Waals surface area contributed by atoms with Crippen molar-refractivity contribution in [1.29, 1.82) is 0 Å². The van der Waals surface area contributed by atoms with E-state index in [1.54, 1.807) is 6.20 Å². The summed E-state index contributed by atoms with van der Waals surface area (Å²) >= 11 is 0. The van der Waals surface area contributed by atoms with Crippen LogP contribution < -0.4 is 10.6 Å². The van der Waals surface area contributed by atoms with E-state index < -0.39 is 0 Å². The molecule has 0 aromatic carbocycles. The number of anilines is 2. The van der Waals surface area contributed by atoms with E-state index in [4.69, 9.17) is 5.73 Å². The predicted molar refractivity (Wildman–Crippen MR) is 74.8 cm³/mol. The number of aryl methyl sites for hydroxylation is 1. The maximum absolute atomic E-state index is 5.78. The van der Waals surface area contributed by atoms with E-state index in [1.807, 2.05) is 6.07 Å². The lowest BCUT2D eigenvalue weighted by molar-refractivity contribution is 0.273. The first kappa shape index (κ1) is 11.8. The molecule has 0 saturated carbocycles. The molecule has 0 amide bonds. The van der Waals surface area contributed by atoms with Crippen molar-refractivity contribution in [2.75, 3.05) is 36.8 Å². The van der Waals surface area contributed by atoms with Crippen LogP contribution in [-0.2, 0) is 0 Å². The molecule has 3 rings (SSSR count). The van der Waals surface area contributed by atoms with Gasteiger partial charge in [0.05, 0.1) is 11.9 Å². The zero-order valence-corrected chi connectivity index (χ0v) is 11.1. The first-order valence-corrected chi connectivity index (χ1v) is 6.95. The molecule has 1 atom stereocenters. The van der Waals surface area contributed by atoms with Crippen LogP contribution in [0.4, 0.5) is 11.5 Å². The molecule has 18 heavy (non-hydrogen) atoms. The Bertz CT molecular complexity index is 432. The van der Waals surface area contributed by atoms with Crippen molar-refractivity contribution < 1.29 is 0 Å². The second-order valence-corrected chi connectivity index (χ2v) is 5.54. The Labute approximate surface area is 109 Å². The first-order chi connectivity index (χ1) is 8.74. The van der Waals surface area contributed by atoms with Gasteiger partial charge in [-0.2, -0.15) is 0 Å². The molecule has 4 nitrogen and oxygen atoms in total. The standard InChI is InChI=1S/C14H22N4/c1-11-8-12(15)9-16-14(11)18-7-3-6-17-5-2-4-13(17)10-18/h8-9,13H,2-7,10,15H2,1H3. The molecule has 1 unspecified atom stereocenters. The largest absolute Gasteiger partial charge is 0.397 e. The maximum atomic E-state index is 5.78. The van der Waals surface area contributed by atoms with E-state index in [9.17, 15) is 0 Å². The molecule has 2 fully saturated rings. The van der Waals surface area contributed by atoms with Crippen molar-refractivity contribution in [2.45, 2.75) is 32.2 Å². The summed E-state index contributed by atoms with van der Waals surface area (Å²) in [5.74, 6) is 1.12. The van der Waals surface area contributed by atoms with Gasteiger partial charge in [0, 0.05) is 25.7 Å². The highest BCUT2D eigenvalue weighted by molar-refractivity contribution is 5.52. The van der Waals surface area contributed by atoms with E-state index in [0.717, 1.165) is 30.6 Å². The van der Waals surface area contributed by atoms with Gasteiger partial charge in [0.15, 0.2) is 0 Å². The lowest BCUT2D eigenvalue weighted by Crippen LogP contribution is -2.37. The Morgan fingerprint density at radius 3 is 2.94 bits per heavy atom. The molecular formula is C14H22N4. The van der Waals surface area contributed by atoms with E-state index in [1.165, 1.54) is 37.9 Å². The van der Waals surface area contributed by atoms with Crippen LogP contribution in [0.15, 0.2) is 12.3 Å². The summed E-state index contributed by atoms with van der Waals surface area (Å²) in [6, 6.07) is 2.76. The van der Waals surface area contributed by atoms with Crippen molar-refractivity contribution in [2.24, 2.45) is 0 Å². The van der Waals surface area contributed by atoms with Crippen LogP contribution in [0.3, 0.4) is 0 Å². The van der Waals surface area contributed by atoms with Gasteiger partial charge in [0.2, 0.25) is 0 Å². The van der Waals surface area contributed by atoms with Crippen LogP contribution in [0.5, 0.6) is 0 Å². The van der Waals surface area contributed by atoms with Gasteiger partial charge in [-0.1, -0.05) is 0 Å². The van der Waals surface area contributed by atoms with Gasteiger partial charge >= 0.3 is 0 Å². The number of hydrogen-bond acceptors (Lipinski definition) is 4. The molecule has 0 radical (unpaired) electrons. The van der Waals surface area contributed by atoms with Gasteiger partial charge in [-0.3, -0.25) is 4.90 Å². The number of hydrogen-bond donors (Lipinski definition) is 1. The predicted octanol–water partition coefficient (Wildman–Crippen LogP) is 1.65. The summed E-state index contributed by atoms with van der Waals surface area (Å²) in [5, 5.41) is 0. The van der Waals surface area contributed by atoms with Gasteiger partial charge in [0.25, 0.3) is 0 Å². The minimum absolute atomic E-state index is 0.728. The van der Waals surface area contributed by atoms with E-state index in [0.29, 0.717) is 0 Å². The van der Waals surface area contributed by atoms with E-state index >= 15 is 0 Å². The monoisotopic (exact) mass is 246 g/mol. The maximum Gasteiger partial charge on any atom is 0.131 e. The molecule has 1 aromatic heterocycles. The summed E-state index contributed by atoms with van der Waals surface area (Å²) in [6.45, 7) is 6.88. The normalized spacial score (nSPS) is 24.9. The number of nitrogen functional groups attached to an aromatic ring is 1. The number of nitrogens with two attached hydrogens (primary N) is 1.